The molecule has 0 amide bonds. The molecule has 1 aromatic rings. The van der Waals surface area contributed by atoms with Gasteiger partial charge in [-0.2, -0.15) is 0 Å². The predicted molar refractivity (Wildman–Crippen MR) is 72.3 cm³/mol. The number of hydrogen-bond acceptors (Lipinski definition) is 0. The van der Waals surface area contributed by atoms with Crippen LogP contribution in [0.2, 0.25) is 0 Å². The SMILES string of the molecule is C=CC(=C)c1ccc(C2CCC2)c(C=C)c1F. The number of rotatable bonds is 4. The van der Waals surface area contributed by atoms with E-state index in [-0.39, 0.29) is 5.82 Å². The summed E-state index contributed by atoms with van der Waals surface area (Å²) >= 11 is 0. The maximum atomic E-state index is 14.3. The van der Waals surface area contributed by atoms with Crippen LogP contribution in [0.1, 0.15) is 41.9 Å². The first-order valence-electron chi connectivity index (χ1n) is 5.95. The van der Waals surface area contributed by atoms with E-state index in [1.54, 1.807) is 18.2 Å². The summed E-state index contributed by atoms with van der Waals surface area (Å²) in [5, 5.41) is 0. The first-order chi connectivity index (χ1) is 8.19. The van der Waals surface area contributed by atoms with Gasteiger partial charge in [0, 0.05) is 11.1 Å². The summed E-state index contributed by atoms with van der Waals surface area (Å²) in [5.74, 6) is 0.290. The quantitative estimate of drug-likeness (QED) is 0.640. The molecular formula is C16H17F. The van der Waals surface area contributed by atoms with E-state index in [4.69, 9.17) is 0 Å². The van der Waals surface area contributed by atoms with Crippen LogP contribution in [0.15, 0.2) is 37.9 Å². The Kier molecular flexibility index (Phi) is 3.28. The molecule has 1 aliphatic carbocycles. The second-order valence-corrected chi connectivity index (χ2v) is 4.49. The Hall–Kier alpha value is -1.63. The van der Waals surface area contributed by atoms with Crippen molar-refractivity contribution in [2.75, 3.05) is 0 Å². The molecular weight excluding hydrogens is 211 g/mol. The van der Waals surface area contributed by atoms with E-state index in [1.807, 2.05) is 6.07 Å². The fourth-order valence-corrected chi connectivity index (χ4v) is 2.25. The minimum absolute atomic E-state index is 0.214. The van der Waals surface area contributed by atoms with Crippen molar-refractivity contribution in [3.8, 4) is 0 Å². The summed E-state index contributed by atoms with van der Waals surface area (Å²) in [6, 6.07) is 3.81. The summed E-state index contributed by atoms with van der Waals surface area (Å²) in [7, 11) is 0. The molecule has 0 aromatic heterocycles. The molecule has 0 radical (unpaired) electrons. The van der Waals surface area contributed by atoms with Gasteiger partial charge in [0.2, 0.25) is 0 Å². The molecule has 0 atom stereocenters. The second-order valence-electron chi connectivity index (χ2n) is 4.49. The summed E-state index contributed by atoms with van der Waals surface area (Å²) in [4.78, 5) is 0. The molecule has 0 heterocycles. The van der Waals surface area contributed by atoms with Crippen molar-refractivity contribution in [3.05, 3.63) is 60.5 Å². The fourth-order valence-electron chi connectivity index (χ4n) is 2.25. The Morgan fingerprint density at radius 2 is 2.00 bits per heavy atom. The standard InChI is InChI=1S/C16H17F/c1-4-11(3)14-9-10-15(12-7-6-8-12)13(5-2)16(14)17/h4-5,9-10,12H,1-3,6-8H2. The fraction of sp³-hybridized carbons (Fsp3) is 0.250. The lowest BCUT2D eigenvalue weighted by Gasteiger charge is -2.28. The highest BCUT2D eigenvalue weighted by Crippen LogP contribution is 2.40. The monoisotopic (exact) mass is 228 g/mol. The molecule has 0 bridgehead atoms. The zero-order valence-corrected chi connectivity index (χ0v) is 10.0. The molecule has 1 aromatic carbocycles. The number of hydrogen-bond donors (Lipinski definition) is 0. The largest absolute Gasteiger partial charge is 0.206 e. The van der Waals surface area contributed by atoms with Gasteiger partial charge in [0.05, 0.1) is 0 Å². The predicted octanol–water partition coefficient (Wildman–Crippen LogP) is 4.94. The van der Waals surface area contributed by atoms with E-state index in [9.17, 15) is 4.39 Å². The van der Waals surface area contributed by atoms with Crippen molar-refractivity contribution >= 4 is 11.6 Å². The van der Waals surface area contributed by atoms with Crippen molar-refractivity contribution in [2.45, 2.75) is 25.2 Å². The topological polar surface area (TPSA) is 0 Å². The molecule has 0 aliphatic heterocycles. The number of benzene rings is 1. The molecule has 0 spiro atoms. The highest BCUT2D eigenvalue weighted by atomic mass is 19.1. The zero-order chi connectivity index (χ0) is 12.4. The third-order valence-electron chi connectivity index (χ3n) is 3.55. The minimum Gasteiger partial charge on any atom is -0.206 e. The summed E-state index contributed by atoms with van der Waals surface area (Å²) in [5.41, 5.74) is 2.86. The second kappa shape index (κ2) is 4.70. The van der Waals surface area contributed by atoms with Gasteiger partial charge in [-0.15, -0.1) is 0 Å². The smallest absolute Gasteiger partial charge is 0.138 e. The third kappa shape index (κ3) is 1.97. The van der Waals surface area contributed by atoms with Crippen LogP contribution in [0.3, 0.4) is 0 Å². The van der Waals surface area contributed by atoms with E-state index in [2.05, 4.69) is 19.7 Å². The summed E-state index contributed by atoms with van der Waals surface area (Å²) in [6.07, 6.45) is 6.74. The number of halogens is 1. The molecule has 0 saturated heterocycles. The van der Waals surface area contributed by atoms with Crippen molar-refractivity contribution in [3.63, 3.8) is 0 Å². The van der Waals surface area contributed by atoms with Gasteiger partial charge < -0.3 is 0 Å². The maximum Gasteiger partial charge on any atom is 0.138 e. The molecule has 1 fully saturated rings. The van der Waals surface area contributed by atoms with Gasteiger partial charge in [0.15, 0.2) is 0 Å². The van der Waals surface area contributed by atoms with Crippen LogP contribution < -0.4 is 0 Å². The zero-order valence-electron chi connectivity index (χ0n) is 10.0. The highest BCUT2D eigenvalue weighted by Gasteiger charge is 2.23. The molecule has 1 heteroatoms. The average Bonchev–Trinajstić information content (AvgIpc) is 2.26. The van der Waals surface area contributed by atoms with Gasteiger partial charge >= 0.3 is 0 Å². The van der Waals surface area contributed by atoms with Gasteiger partial charge in [0.1, 0.15) is 5.82 Å². The van der Waals surface area contributed by atoms with Crippen molar-refractivity contribution in [1.82, 2.24) is 0 Å². The van der Waals surface area contributed by atoms with Crippen LogP contribution in [-0.4, -0.2) is 0 Å². The lowest BCUT2D eigenvalue weighted by Crippen LogP contribution is -2.11. The van der Waals surface area contributed by atoms with E-state index in [0.717, 1.165) is 18.4 Å². The third-order valence-corrected chi connectivity index (χ3v) is 3.55. The van der Waals surface area contributed by atoms with Crippen LogP contribution in [-0.2, 0) is 0 Å². The molecule has 2 rings (SSSR count). The van der Waals surface area contributed by atoms with Crippen LogP contribution in [0.25, 0.3) is 11.6 Å². The van der Waals surface area contributed by atoms with Gasteiger partial charge in [-0.3, -0.25) is 0 Å². The van der Waals surface area contributed by atoms with E-state index in [0.29, 0.717) is 22.6 Å². The van der Waals surface area contributed by atoms with E-state index < -0.39 is 0 Å². The van der Waals surface area contributed by atoms with Crippen LogP contribution in [0.5, 0.6) is 0 Å². The average molecular weight is 228 g/mol. The van der Waals surface area contributed by atoms with Gasteiger partial charge in [-0.25, -0.2) is 4.39 Å². The first-order valence-corrected chi connectivity index (χ1v) is 5.95. The normalized spacial score (nSPS) is 15.1. The van der Waals surface area contributed by atoms with Crippen LogP contribution in [0.4, 0.5) is 4.39 Å². The lowest BCUT2D eigenvalue weighted by molar-refractivity contribution is 0.417. The molecule has 1 aliphatic rings. The summed E-state index contributed by atoms with van der Waals surface area (Å²) < 4.78 is 14.3. The number of allylic oxidation sites excluding steroid dienone is 2. The Bertz CT molecular complexity index is 479. The molecule has 0 nitrogen and oxygen atoms in total. The van der Waals surface area contributed by atoms with Gasteiger partial charge in [0.25, 0.3) is 0 Å². The summed E-state index contributed by atoms with van der Waals surface area (Å²) in [6.45, 7) is 11.1. The minimum atomic E-state index is -0.214. The highest BCUT2D eigenvalue weighted by molar-refractivity contribution is 5.74. The Morgan fingerprint density at radius 1 is 1.29 bits per heavy atom. The van der Waals surface area contributed by atoms with Crippen molar-refractivity contribution in [1.29, 1.82) is 0 Å². The molecule has 88 valence electrons. The van der Waals surface area contributed by atoms with Crippen molar-refractivity contribution in [2.24, 2.45) is 0 Å². The van der Waals surface area contributed by atoms with Gasteiger partial charge in [-0.05, 0) is 29.9 Å². The van der Waals surface area contributed by atoms with E-state index >= 15 is 0 Å². The van der Waals surface area contributed by atoms with Crippen LogP contribution >= 0.6 is 0 Å². The maximum absolute atomic E-state index is 14.3. The molecule has 0 N–H and O–H groups in total. The Morgan fingerprint density at radius 3 is 2.47 bits per heavy atom. The van der Waals surface area contributed by atoms with E-state index in [1.165, 1.54) is 6.42 Å². The van der Waals surface area contributed by atoms with Crippen molar-refractivity contribution < 1.29 is 4.39 Å². The first kappa shape index (κ1) is 11.8. The molecule has 0 unspecified atom stereocenters. The molecule has 17 heavy (non-hydrogen) atoms. The lowest BCUT2D eigenvalue weighted by atomic mass is 9.77. The Labute approximate surface area is 102 Å². The van der Waals surface area contributed by atoms with Gasteiger partial charge in [-0.1, -0.05) is 50.4 Å². The van der Waals surface area contributed by atoms with Crippen LogP contribution in [0, 0.1) is 5.82 Å². The molecule has 1 saturated carbocycles. The Balaban J connectivity index is 2.51.